The number of aromatic nitrogens is 2. The molecule has 4 N–H and O–H groups in total. The van der Waals surface area contributed by atoms with Gasteiger partial charge in [-0.2, -0.15) is 5.10 Å². The zero-order valence-electron chi connectivity index (χ0n) is 18.9. The largest absolute Gasteiger partial charge is 0.347 e. The average Bonchev–Trinajstić information content (AvgIpc) is 3.14. The molecule has 0 bridgehead atoms. The quantitative estimate of drug-likeness (QED) is 0.450. The minimum Gasteiger partial charge on any atom is -0.347 e. The van der Waals surface area contributed by atoms with Gasteiger partial charge in [0.25, 0.3) is 5.91 Å². The molecule has 180 valence electrons. The lowest BCUT2D eigenvalue weighted by Crippen LogP contribution is -2.36. The number of amides is 1. The second-order valence-corrected chi connectivity index (χ2v) is 10.1. The van der Waals surface area contributed by atoms with Gasteiger partial charge in [-0.1, -0.05) is 24.3 Å². The van der Waals surface area contributed by atoms with Gasteiger partial charge in [0, 0.05) is 30.9 Å². The monoisotopic (exact) mass is 485 g/mol. The van der Waals surface area contributed by atoms with Crippen molar-refractivity contribution >= 4 is 15.9 Å². The van der Waals surface area contributed by atoms with E-state index in [-0.39, 0.29) is 22.7 Å². The number of fused-ring (bicyclic) bond motifs is 1. The van der Waals surface area contributed by atoms with Gasteiger partial charge in [-0.15, -0.1) is 0 Å². The second kappa shape index (κ2) is 10.0. The number of hydrogen-bond donors (Lipinski definition) is 3. The van der Waals surface area contributed by atoms with Crippen LogP contribution in [0.5, 0.6) is 0 Å². The fourth-order valence-electron chi connectivity index (χ4n) is 4.28. The lowest BCUT2D eigenvalue weighted by atomic mass is 9.91. The van der Waals surface area contributed by atoms with Crippen LogP contribution in [-0.4, -0.2) is 36.7 Å². The first kappa shape index (κ1) is 24.1. The molecule has 1 heterocycles. The zero-order chi connectivity index (χ0) is 24.3. The zero-order valence-corrected chi connectivity index (χ0v) is 19.7. The number of aryl methyl sites for hydroxylation is 1. The summed E-state index contributed by atoms with van der Waals surface area (Å²) in [5, 5.41) is 16.0. The van der Waals surface area contributed by atoms with E-state index >= 15 is 0 Å². The van der Waals surface area contributed by atoms with Crippen LogP contribution in [-0.2, 0) is 42.9 Å². The molecule has 2 aromatic carbocycles. The van der Waals surface area contributed by atoms with Crippen LogP contribution in [0.15, 0.2) is 53.4 Å². The summed E-state index contributed by atoms with van der Waals surface area (Å²) in [4.78, 5) is 12.9. The first-order valence-corrected chi connectivity index (χ1v) is 12.7. The molecule has 4 rings (SSSR count). The van der Waals surface area contributed by atoms with E-state index in [4.69, 9.17) is 5.14 Å². The van der Waals surface area contributed by atoms with Crippen LogP contribution in [0.3, 0.4) is 0 Å². The molecule has 34 heavy (non-hydrogen) atoms. The first-order chi connectivity index (χ1) is 16.2. The molecule has 0 saturated carbocycles. The maximum absolute atomic E-state index is 13.1. The molecule has 0 saturated heterocycles. The number of primary sulfonamides is 1. The van der Waals surface area contributed by atoms with Crippen LogP contribution >= 0.6 is 0 Å². The smallest absolute Gasteiger partial charge is 0.272 e. The van der Waals surface area contributed by atoms with E-state index in [1.165, 1.54) is 24.3 Å². The third-order valence-corrected chi connectivity index (χ3v) is 7.06. The highest BCUT2D eigenvalue weighted by Gasteiger charge is 2.28. The van der Waals surface area contributed by atoms with E-state index in [1.807, 2.05) is 7.05 Å². The predicted molar refractivity (Wildman–Crippen MR) is 126 cm³/mol. The SMILES string of the molecule is Cn1nc(C(=O)NCc2ccc(F)cc2)c2c1CCC(NCCc1ccc(S(N)(=O)=O)cc1)C2. The van der Waals surface area contributed by atoms with Crippen LogP contribution in [0, 0.1) is 5.82 Å². The molecule has 3 aromatic rings. The molecular weight excluding hydrogens is 457 g/mol. The molecule has 0 fully saturated rings. The minimum absolute atomic E-state index is 0.103. The van der Waals surface area contributed by atoms with E-state index in [0.29, 0.717) is 18.7 Å². The van der Waals surface area contributed by atoms with E-state index in [2.05, 4.69) is 15.7 Å². The summed E-state index contributed by atoms with van der Waals surface area (Å²) in [6.45, 7) is 1.03. The molecule has 1 aromatic heterocycles. The fraction of sp³-hybridized carbons (Fsp3) is 0.333. The van der Waals surface area contributed by atoms with Crippen molar-refractivity contribution in [2.75, 3.05) is 6.54 Å². The second-order valence-electron chi connectivity index (χ2n) is 8.54. The third kappa shape index (κ3) is 5.69. The highest BCUT2D eigenvalue weighted by molar-refractivity contribution is 7.89. The Kier molecular flexibility index (Phi) is 7.11. The number of benzene rings is 2. The Balaban J connectivity index is 1.34. The Morgan fingerprint density at radius 2 is 1.82 bits per heavy atom. The van der Waals surface area contributed by atoms with Gasteiger partial charge < -0.3 is 10.6 Å². The lowest BCUT2D eigenvalue weighted by Gasteiger charge is -2.24. The molecule has 0 spiro atoms. The summed E-state index contributed by atoms with van der Waals surface area (Å²) in [6.07, 6.45) is 3.21. The number of halogens is 1. The van der Waals surface area contributed by atoms with E-state index < -0.39 is 10.0 Å². The van der Waals surface area contributed by atoms with Crippen molar-refractivity contribution in [3.05, 3.63) is 82.4 Å². The van der Waals surface area contributed by atoms with Crippen molar-refractivity contribution in [3.8, 4) is 0 Å². The Labute approximate surface area is 198 Å². The van der Waals surface area contributed by atoms with Gasteiger partial charge in [-0.05, 0) is 67.6 Å². The van der Waals surface area contributed by atoms with Crippen molar-refractivity contribution in [2.24, 2.45) is 12.2 Å². The van der Waals surface area contributed by atoms with Crippen molar-refractivity contribution in [1.29, 1.82) is 0 Å². The van der Waals surface area contributed by atoms with Gasteiger partial charge in [0.1, 0.15) is 5.82 Å². The average molecular weight is 486 g/mol. The molecule has 1 aliphatic rings. The first-order valence-electron chi connectivity index (χ1n) is 11.1. The molecule has 0 radical (unpaired) electrons. The number of nitrogens with two attached hydrogens (primary N) is 1. The molecule has 8 nitrogen and oxygen atoms in total. The van der Waals surface area contributed by atoms with Crippen molar-refractivity contribution in [1.82, 2.24) is 20.4 Å². The Bertz CT molecular complexity index is 1270. The summed E-state index contributed by atoms with van der Waals surface area (Å²) < 4.78 is 37.6. The van der Waals surface area contributed by atoms with Crippen LogP contribution in [0.4, 0.5) is 4.39 Å². The standard InChI is InChI=1S/C24H28FN5O3S/c1-30-22-11-8-19(27-13-12-16-4-9-20(10-5-16)34(26,32)33)14-21(22)23(29-30)24(31)28-15-17-2-6-18(25)7-3-17/h2-7,9-10,19,27H,8,11-15H2,1H3,(H,28,31)(H2,26,32,33). The molecule has 1 unspecified atom stereocenters. The number of sulfonamides is 1. The summed E-state index contributed by atoms with van der Waals surface area (Å²) in [5.41, 5.74) is 4.29. The Hall–Kier alpha value is -3.08. The van der Waals surface area contributed by atoms with Gasteiger partial charge >= 0.3 is 0 Å². The number of nitrogens with zero attached hydrogens (tertiary/aromatic N) is 2. The van der Waals surface area contributed by atoms with Crippen molar-refractivity contribution < 1.29 is 17.6 Å². The minimum atomic E-state index is -3.69. The summed E-state index contributed by atoms with van der Waals surface area (Å²) >= 11 is 0. The fourth-order valence-corrected chi connectivity index (χ4v) is 4.80. The molecular formula is C24H28FN5O3S. The number of nitrogens with one attached hydrogen (secondary N) is 2. The highest BCUT2D eigenvalue weighted by Crippen LogP contribution is 2.24. The van der Waals surface area contributed by atoms with Crippen LogP contribution in [0.2, 0.25) is 0 Å². The number of hydrogen-bond acceptors (Lipinski definition) is 5. The van der Waals surface area contributed by atoms with Crippen LogP contribution < -0.4 is 15.8 Å². The summed E-state index contributed by atoms with van der Waals surface area (Å²) in [6, 6.07) is 12.8. The van der Waals surface area contributed by atoms with Crippen molar-refractivity contribution in [3.63, 3.8) is 0 Å². The lowest BCUT2D eigenvalue weighted by molar-refractivity contribution is 0.0944. The number of carbonyl (C=O) groups excluding carboxylic acids is 1. The molecule has 0 aliphatic heterocycles. The third-order valence-electron chi connectivity index (χ3n) is 6.13. The van der Waals surface area contributed by atoms with Gasteiger partial charge in [0.15, 0.2) is 5.69 Å². The molecule has 1 atom stereocenters. The maximum Gasteiger partial charge on any atom is 0.272 e. The topological polar surface area (TPSA) is 119 Å². The molecule has 1 aliphatic carbocycles. The predicted octanol–water partition coefficient (Wildman–Crippen LogP) is 1.83. The Morgan fingerprint density at radius 1 is 1.15 bits per heavy atom. The normalized spacial score (nSPS) is 15.7. The van der Waals surface area contributed by atoms with Crippen LogP contribution in [0.1, 0.15) is 39.3 Å². The Morgan fingerprint density at radius 3 is 2.50 bits per heavy atom. The van der Waals surface area contributed by atoms with Crippen molar-refractivity contribution in [2.45, 2.75) is 43.2 Å². The molecule has 10 heteroatoms. The van der Waals surface area contributed by atoms with E-state index in [9.17, 15) is 17.6 Å². The van der Waals surface area contributed by atoms with Gasteiger partial charge in [0.2, 0.25) is 10.0 Å². The maximum atomic E-state index is 13.1. The van der Waals surface area contributed by atoms with E-state index in [1.54, 1.807) is 28.9 Å². The van der Waals surface area contributed by atoms with Gasteiger partial charge in [0.05, 0.1) is 4.90 Å². The van der Waals surface area contributed by atoms with Gasteiger partial charge in [-0.25, -0.2) is 17.9 Å². The van der Waals surface area contributed by atoms with Gasteiger partial charge in [-0.3, -0.25) is 9.48 Å². The number of rotatable bonds is 8. The van der Waals surface area contributed by atoms with Crippen LogP contribution in [0.25, 0.3) is 0 Å². The molecule has 1 amide bonds. The highest BCUT2D eigenvalue weighted by atomic mass is 32.2. The summed E-state index contributed by atoms with van der Waals surface area (Å²) in [7, 11) is -1.83. The summed E-state index contributed by atoms with van der Waals surface area (Å²) in [5.74, 6) is -0.551. The number of carbonyl (C=O) groups is 1. The van der Waals surface area contributed by atoms with E-state index in [0.717, 1.165) is 48.2 Å².